The van der Waals surface area contributed by atoms with E-state index in [0.29, 0.717) is 0 Å². The molecule has 0 bridgehead atoms. The molecule has 5 nitrogen and oxygen atoms in total. The first-order valence-corrected chi connectivity index (χ1v) is 5.02. The summed E-state index contributed by atoms with van der Waals surface area (Å²) in [6.07, 6.45) is 0. The summed E-state index contributed by atoms with van der Waals surface area (Å²) in [5.74, 6) is -1.54. The molecule has 1 rings (SSSR count). The Morgan fingerprint density at radius 2 is 2.06 bits per heavy atom. The number of rotatable bonds is 1. The SMILES string of the molecule is COC(=O)c1c(O)cc(=O)[nH]c1C(Cl)(Cl)Cl. The van der Waals surface area contributed by atoms with Gasteiger partial charge in [0, 0.05) is 6.07 Å². The van der Waals surface area contributed by atoms with E-state index in [1.807, 2.05) is 0 Å². The van der Waals surface area contributed by atoms with E-state index in [4.69, 9.17) is 34.8 Å². The summed E-state index contributed by atoms with van der Waals surface area (Å²) in [5, 5.41) is 9.44. The number of hydrogen-bond donors (Lipinski definition) is 2. The van der Waals surface area contributed by atoms with Crippen molar-refractivity contribution in [3.8, 4) is 5.75 Å². The minimum Gasteiger partial charge on any atom is -0.507 e. The number of alkyl halides is 3. The van der Waals surface area contributed by atoms with Gasteiger partial charge in [0.25, 0.3) is 5.56 Å². The van der Waals surface area contributed by atoms with E-state index in [1.165, 1.54) is 0 Å². The minimum absolute atomic E-state index is 0.339. The molecule has 1 aromatic heterocycles. The number of aromatic hydroxyl groups is 1. The van der Waals surface area contributed by atoms with Crippen LogP contribution < -0.4 is 5.56 Å². The third-order valence-corrected chi connectivity index (χ3v) is 2.26. The average molecular weight is 286 g/mol. The number of carbonyl (C=O) groups is 1. The molecule has 0 aliphatic carbocycles. The highest BCUT2D eigenvalue weighted by Crippen LogP contribution is 2.40. The highest BCUT2D eigenvalue weighted by molar-refractivity contribution is 6.66. The Hall–Kier alpha value is -0.910. The number of carbonyl (C=O) groups excluding carboxylic acids is 1. The van der Waals surface area contributed by atoms with Gasteiger partial charge in [-0.05, 0) is 0 Å². The molecule has 1 heterocycles. The van der Waals surface area contributed by atoms with Crippen molar-refractivity contribution in [1.82, 2.24) is 4.98 Å². The first-order valence-electron chi connectivity index (χ1n) is 3.89. The fourth-order valence-electron chi connectivity index (χ4n) is 1.07. The van der Waals surface area contributed by atoms with Crippen LogP contribution in [-0.4, -0.2) is 23.2 Å². The van der Waals surface area contributed by atoms with E-state index < -0.39 is 21.1 Å². The van der Waals surface area contributed by atoms with Gasteiger partial charge < -0.3 is 14.8 Å². The van der Waals surface area contributed by atoms with Gasteiger partial charge in [-0.1, -0.05) is 34.8 Å². The lowest BCUT2D eigenvalue weighted by Gasteiger charge is -2.15. The van der Waals surface area contributed by atoms with Crippen molar-refractivity contribution in [1.29, 1.82) is 0 Å². The number of halogens is 3. The molecule has 0 saturated heterocycles. The number of aromatic amines is 1. The van der Waals surface area contributed by atoms with Gasteiger partial charge in [-0.25, -0.2) is 4.79 Å². The van der Waals surface area contributed by atoms with Crippen LogP contribution in [0.2, 0.25) is 0 Å². The van der Waals surface area contributed by atoms with E-state index in [2.05, 4.69) is 9.72 Å². The van der Waals surface area contributed by atoms with E-state index in [9.17, 15) is 14.7 Å². The van der Waals surface area contributed by atoms with Crippen LogP contribution in [0.15, 0.2) is 10.9 Å². The van der Waals surface area contributed by atoms with Crippen LogP contribution in [0.4, 0.5) is 0 Å². The first kappa shape index (κ1) is 13.2. The maximum atomic E-state index is 11.3. The fourth-order valence-corrected chi connectivity index (χ4v) is 1.49. The topological polar surface area (TPSA) is 79.4 Å². The maximum Gasteiger partial charge on any atom is 0.343 e. The summed E-state index contributed by atoms with van der Waals surface area (Å²) < 4.78 is 2.34. The van der Waals surface area contributed by atoms with Crippen molar-refractivity contribution in [3.05, 3.63) is 27.7 Å². The monoisotopic (exact) mass is 285 g/mol. The fraction of sp³-hybridized carbons (Fsp3) is 0.250. The minimum atomic E-state index is -2.05. The van der Waals surface area contributed by atoms with Crippen molar-refractivity contribution < 1.29 is 14.6 Å². The van der Waals surface area contributed by atoms with Crippen molar-refractivity contribution in [3.63, 3.8) is 0 Å². The smallest absolute Gasteiger partial charge is 0.343 e. The van der Waals surface area contributed by atoms with Gasteiger partial charge in [0.2, 0.25) is 3.79 Å². The van der Waals surface area contributed by atoms with Gasteiger partial charge in [0.1, 0.15) is 11.3 Å². The quantitative estimate of drug-likeness (QED) is 0.608. The molecule has 8 heteroatoms. The summed E-state index contributed by atoms with van der Waals surface area (Å²) >= 11 is 16.7. The molecule has 0 radical (unpaired) electrons. The molecular weight excluding hydrogens is 280 g/mol. The van der Waals surface area contributed by atoms with Crippen LogP contribution in [0.1, 0.15) is 16.1 Å². The molecule has 0 aliphatic heterocycles. The molecule has 0 aliphatic rings. The van der Waals surface area contributed by atoms with Crippen LogP contribution in [0.5, 0.6) is 5.75 Å². The van der Waals surface area contributed by atoms with E-state index >= 15 is 0 Å². The summed E-state index contributed by atoms with van der Waals surface area (Å²) in [7, 11) is 1.09. The highest BCUT2D eigenvalue weighted by atomic mass is 35.6. The van der Waals surface area contributed by atoms with Gasteiger partial charge in [-0.2, -0.15) is 0 Å². The summed E-state index contributed by atoms with van der Waals surface area (Å²) in [4.78, 5) is 24.6. The summed E-state index contributed by atoms with van der Waals surface area (Å²) in [6, 6.07) is 0.784. The molecule has 0 amide bonds. The maximum absolute atomic E-state index is 11.3. The van der Waals surface area contributed by atoms with Gasteiger partial charge >= 0.3 is 5.97 Å². The van der Waals surface area contributed by atoms with E-state index in [0.717, 1.165) is 13.2 Å². The molecule has 0 atom stereocenters. The number of aromatic nitrogens is 1. The van der Waals surface area contributed by atoms with Gasteiger partial charge in [0.15, 0.2) is 0 Å². The van der Waals surface area contributed by atoms with Crippen molar-refractivity contribution in [2.75, 3.05) is 7.11 Å². The second kappa shape index (κ2) is 4.53. The molecule has 88 valence electrons. The zero-order valence-corrected chi connectivity index (χ0v) is 10.2. The predicted molar refractivity (Wildman–Crippen MR) is 59.3 cm³/mol. The Bertz CT molecular complexity index is 477. The van der Waals surface area contributed by atoms with Crippen molar-refractivity contribution >= 4 is 40.8 Å². The molecule has 0 aromatic carbocycles. The van der Waals surface area contributed by atoms with Crippen LogP contribution in [-0.2, 0) is 8.53 Å². The second-order valence-corrected chi connectivity index (χ2v) is 5.04. The first-order chi connectivity index (χ1) is 7.27. The summed E-state index contributed by atoms with van der Waals surface area (Å²) in [5.41, 5.74) is -1.43. The predicted octanol–water partition coefficient (Wildman–Crippen LogP) is 1.69. The standard InChI is InChI=1S/C8H6Cl3NO4/c1-16-7(15)5-3(13)2-4(14)12-6(5)8(9,10)11/h2H,1H3,(H2,12,13,14). The molecule has 0 unspecified atom stereocenters. The van der Waals surface area contributed by atoms with E-state index in [-0.39, 0.29) is 11.3 Å². The van der Waals surface area contributed by atoms with Gasteiger partial charge in [-0.15, -0.1) is 0 Å². The number of hydrogen-bond acceptors (Lipinski definition) is 4. The average Bonchev–Trinajstić information content (AvgIpc) is 2.14. The number of nitrogens with one attached hydrogen (secondary N) is 1. The molecule has 2 N–H and O–H groups in total. The Morgan fingerprint density at radius 1 is 1.50 bits per heavy atom. The molecule has 16 heavy (non-hydrogen) atoms. The van der Waals surface area contributed by atoms with Crippen LogP contribution in [0, 0.1) is 0 Å². The Balaban J connectivity index is 3.57. The van der Waals surface area contributed by atoms with Crippen molar-refractivity contribution in [2.24, 2.45) is 0 Å². The molecule has 0 saturated carbocycles. The molecule has 0 fully saturated rings. The largest absolute Gasteiger partial charge is 0.507 e. The number of methoxy groups -OCH3 is 1. The van der Waals surface area contributed by atoms with Gasteiger partial charge in [-0.3, -0.25) is 4.79 Å². The normalized spacial score (nSPS) is 11.2. The van der Waals surface area contributed by atoms with Crippen LogP contribution in [0.3, 0.4) is 0 Å². The lowest BCUT2D eigenvalue weighted by Crippen LogP contribution is -2.20. The Morgan fingerprint density at radius 3 is 2.50 bits per heavy atom. The lowest BCUT2D eigenvalue weighted by atomic mass is 10.2. The van der Waals surface area contributed by atoms with E-state index in [1.54, 1.807) is 0 Å². The molecule has 1 aromatic rings. The van der Waals surface area contributed by atoms with Crippen LogP contribution >= 0.6 is 34.8 Å². The number of pyridine rings is 1. The zero-order chi connectivity index (χ0) is 12.5. The number of ether oxygens (including phenoxy) is 1. The Labute approximate surface area is 105 Å². The van der Waals surface area contributed by atoms with Crippen molar-refractivity contribution in [2.45, 2.75) is 3.79 Å². The molecular formula is C8H6Cl3NO4. The highest BCUT2D eigenvalue weighted by Gasteiger charge is 2.32. The number of esters is 1. The third kappa shape index (κ3) is 2.61. The van der Waals surface area contributed by atoms with Crippen LogP contribution in [0.25, 0.3) is 0 Å². The number of H-pyrrole nitrogens is 1. The third-order valence-electron chi connectivity index (χ3n) is 1.70. The zero-order valence-electron chi connectivity index (χ0n) is 7.88. The summed E-state index contributed by atoms with van der Waals surface area (Å²) in [6.45, 7) is 0. The molecule has 0 spiro atoms. The van der Waals surface area contributed by atoms with Gasteiger partial charge in [0.05, 0.1) is 12.8 Å². The second-order valence-electron chi connectivity index (χ2n) is 2.76. The Kier molecular flexibility index (Phi) is 3.72. The lowest BCUT2D eigenvalue weighted by molar-refractivity contribution is 0.0595.